The molecule has 0 unspecified atom stereocenters. The van der Waals surface area contributed by atoms with Gasteiger partial charge in [0.15, 0.2) is 0 Å². The number of carboxylic acids is 1. The molecular formula is C11H12O7. The molecule has 1 heterocycles. The summed E-state index contributed by atoms with van der Waals surface area (Å²) in [5.74, 6) is -1.37. The molecule has 7 heteroatoms. The van der Waals surface area contributed by atoms with Crippen molar-refractivity contribution in [1.29, 1.82) is 0 Å². The number of methoxy groups -OCH3 is 1. The summed E-state index contributed by atoms with van der Waals surface area (Å²) >= 11 is 0. The molecule has 1 aromatic rings. The van der Waals surface area contributed by atoms with Crippen molar-refractivity contribution in [2.24, 2.45) is 0 Å². The smallest absolute Gasteiger partial charge is 0.345 e. The van der Waals surface area contributed by atoms with Crippen molar-refractivity contribution >= 4 is 12.0 Å². The molecule has 0 aliphatic carbocycles. The van der Waals surface area contributed by atoms with E-state index in [1.165, 1.54) is 7.11 Å². The molecular weight excluding hydrogens is 244 g/mol. The van der Waals surface area contributed by atoms with Gasteiger partial charge in [-0.3, -0.25) is 0 Å². The van der Waals surface area contributed by atoms with Crippen LogP contribution in [0, 0.1) is 0 Å². The maximum atomic E-state index is 11.5. The average Bonchev–Trinajstić information content (AvgIpc) is 2.34. The highest BCUT2D eigenvalue weighted by atomic mass is 16.5. The van der Waals surface area contributed by atoms with Crippen LogP contribution in [0.2, 0.25) is 0 Å². The number of hydrogen-bond donors (Lipinski definition) is 3. The molecule has 0 saturated carbocycles. The first-order valence-corrected chi connectivity index (χ1v) is 4.90. The van der Waals surface area contributed by atoms with Crippen LogP contribution in [0.1, 0.15) is 16.9 Å². The summed E-state index contributed by atoms with van der Waals surface area (Å²) in [6.07, 6.45) is 1.79. The molecule has 98 valence electrons. The first-order valence-electron chi connectivity index (χ1n) is 4.90. The number of aliphatic carboxylic acids is 1. The summed E-state index contributed by atoms with van der Waals surface area (Å²) in [4.78, 5) is 21.9. The van der Waals surface area contributed by atoms with Crippen molar-refractivity contribution in [3.63, 3.8) is 0 Å². The Morgan fingerprint density at radius 2 is 1.94 bits per heavy atom. The standard InChI is InChI=1S/C11H12O7/c1-17-10-6(4-12)8(2-3-9(14)15)18-11(16)7(10)5-13/h2-3,12-13H,4-5H2,1H3,(H,14,15). The third kappa shape index (κ3) is 2.76. The molecule has 1 rings (SSSR count). The zero-order valence-corrected chi connectivity index (χ0v) is 9.54. The van der Waals surface area contributed by atoms with Gasteiger partial charge in [-0.05, 0) is 6.08 Å². The zero-order chi connectivity index (χ0) is 13.7. The fraction of sp³-hybridized carbons (Fsp3) is 0.273. The van der Waals surface area contributed by atoms with Gasteiger partial charge in [-0.2, -0.15) is 0 Å². The van der Waals surface area contributed by atoms with Crippen LogP contribution in [0.25, 0.3) is 6.08 Å². The second-order valence-corrected chi connectivity index (χ2v) is 3.23. The Morgan fingerprint density at radius 1 is 1.33 bits per heavy atom. The highest BCUT2D eigenvalue weighted by Gasteiger charge is 2.18. The highest BCUT2D eigenvalue weighted by molar-refractivity contribution is 5.85. The van der Waals surface area contributed by atoms with Crippen LogP contribution in [0.5, 0.6) is 5.75 Å². The van der Waals surface area contributed by atoms with Crippen molar-refractivity contribution in [2.75, 3.05) is 7.11 Å². The van der Waals surface area contributed by atoms with Crippen LogP contribution in [0.15, 0.2) is 15.3 Å². The summed E-state index contributed by atoms with van der Waals surface area (Å²) in [7, 11) is 1.26. The van der Waals surface area contributed by atoms with E-state index in [1.807, 2.05) is 0 Å². The number of aliphatic hydroxyl groups excluding tert-OH is 2. The minimum atomic E-state index is -1.23. The first-order chi connectivity index (χ1) is 8.54. The van der Waals surface area contributed by atoms with E-state index < -0.39 is 24.8 Å². The minimum absolute atomic E-state index is 0.0127. The second-order valence-electron chi connectivity index (χ2n) is 3.23. The number of hydrogen-bond acceptors (Lipinski definition) is 6. The van der Waals surface area contributed by atoms with E-state index in [9.17, 15) is 14.7 Å². The average molecular weight is 256 g/mol. The molecule has 0 amide bonds. The van der Waals surface area contributed by atoms with Crippen molar-refractivity contribution in [1.82, 2.24) is 0 Å². The van der Waals surface area contributed by atoms with Crippen LogP contribution < -0.4 is 10.4 Å². The Balaban J connectivity index is 3.49. The van der Waals surface area contributed by atoms with Crippen molar-refractivity contribution < 1.29 is 29.3 Å². The van der Waals surface area contributed by atoms with E-state index in [-0.39, 0.29) is 22.6 Å². The van der Waals surface area contributed by atoms with Crippen molar-refractivity contribution in [2.45, 2.75) is 13.2 Å². The molecule has 3 N–H and O–H groups in total. The third-order valence-electron chi connectivity index (χ3n) is 2.19. The number of ether oxygens (including phenoxy) is 1. The highest BCUT2D eigenvalue weighted by Crippen LogP contribution is 2.25. The minimum Gasteiger partial charge on any atom is -0.496 e. The SMILES string of the molecule is COc1c(CO)c(C=CC(=O)O)oc(=O)c1CO. The molecule has 0 bridgehead atoms. The topological polar surface area (TPSA) is 117 Å². The molecule has 0 aliphatic heterocycles. The lowest BCUT2D eigenvalue weighted by Gasteiger charge is -2.11. The van der Waals surface area contributed by atoms with E-state index in [0.717, 1.165) is 12.2 Å². The molecule has 0 saturated heterocycles. The molecule has 0 fully saturated rings. The lowest BCUT2D eigenvalue weighted by Crippen LogP contribution is -2.13. The Bertz CT molecular complexity index is 527. The van der Waals surface area contributed by atoms with Gasteiger partial charge in [0.1, 0.15) is 17.1 Å². The summed E-state index contributed by atoms with van der Waals surface area (Å²) in [5.41, 5.74) is -0.885. The number of carbonyl (C=O) groups is 1. The summed E-state index contributed by atoms with van der Waals surface area (Å²) in [5, 5.41) is 26.7. The predicted molar refractivity (Wildman–Crippen MR) is 60.0 cm³/mol. The molecule has 0 atom stereocenters. The van der Waals surface area contributed by atoms with E-state index in [4.69, 9.17) is 19.4 Å². The maximum Gasteiger partial charge on any atom is 0.345 e. The summed E-state index contributed by atoms with van der Waals surface area (Å²) in [6, 6.07) is 0. The Labute approximate surface area is 102 Å². The van der Waals surface area contributed by atoms with Gasteiger partial charge in [0, 0.05) is 6.08 Å². The van der Waals surface area contributed by atoms with Gasteiger partial charge in [0.05, 0.1) is 25.9 Å². The van der Waals surface area contributed by atoms with Crippen LogP contribution in [-0.2, 0) is 18.0 Å². The molecule has 0 spiro atoms. The van der Waals surface area contributed by atoms with Crippen LogP contribution in [0.3, 0.4) is 0 Å². The fourth-order valence-corrected chi connectivity index (χ4v) is 1.42. The van der Waals surface area contributed by atoms with E-state index in [1.54, 1.807) is 0 Å². The van der Waals surface area contributed by atoms with E-state index >= 15 is 0 Å². The van der Waals surface area contributed by atoms with Gasteiger partial charge < -0.3 is 24.5 Å². The number of aliphatic hydroxyl groups is 2. The van der Waals surface area contributed by atoms with E-state index in [2.05, 4.69) is 0 Å². The molecule has 1 aromatic heterocycles. The van der Waals surface area contributed by atoms with E-state index in [0.29, 0.717) is 0 Å². The fourth-order valence-electron chi connectivity index (χ4n) is 1.42. The van der Waals surface area contributed by atoms with Gasteiger partial charge in [-0.15, -0.1) is 0 Å². The lowest BCUT2D eigenvalue weighted by molar-refractivity contribution is -0.131. The molecule has 18 heavy (non-hydrogen) atoms. The third-order valence-corrected chi connectivity index (χ3v) is 2.19. The van der Waals surface area contributed by atoms with Gasteiger partial charge in [-0.1, -0.05) is 0 Å². The van der Waals surface area contributed by atoms with Crippen LogP contribution in [-0.4, -0.2) is 28.4 Å². The Hall–Kier alpha value is -2.12. The quantitative estimate of drug-likeness (QED) is 0.621. The van der Waals surface area contributed by atoms with Crippen LogP contribution in [0.4, 0.5) is 0 Å². The Kier molecular flexibility index (Phi) is 4.64. The largest absolute Gasteiger partial charge is 0.496 e. The monoisotopic (exact) mass is 256 g/mol. The number of rotatable bonds is 5. The zero-order valence-electron chi connectivity index (χ0n) is 9.54. The maximum absolute atomic E-state index is 11.5. The molecule has 0 aromatic carbocycles. The predicted octanol–water partition coefficient (Wildman–Crippen LogP) is -0.269. The number of carboxylic acid groups (broad SMARTS) is 1. The first kappa shape index (κ1) is 13.9. The van der Waals surface area contributed by atoms with Gasteiger partial charge in [0.2, 0.25) is 0 Å². The molecule has 7 nitrogen and oxygen atoms in total. The second kappa shape index (κ2) is 5.99. The lowest BCUT2D eigenvalue weighted by atomic mass is 10.1. The Morgan fingerprint density at radius 3 is 2.39 bits per heavy atom. The normalized spacial score (nSPS) is 10.8. The van der Waals surface area contributed by atoms with Gasteiger partial charge >= 0.3 is 11.6 Å². The summed E-state index contributed by atoms with van der Waals surface area (Å²) < 4.78 is 9.73. The molecule has 0 aliphatic rings. The van der Waals surface area contributed by atoms with Gasteiger partial charge in [-0.25, -0.2) is 9.59 Å². The van der Waals surface area contributed by atoms with Crippen LogP contribution >= 0.6 is 0 Å². The van der Waals surface area contributed by atoms with Crippen molar-refractivity contribution in [3.8, 4) is 5.75 Å². The van der Waals surface area contributed by atoms with Gasteiger partial charge in [0.25, 0.3) is 0 Å². The summed E-state index contributed by atoms with van der Waals surface area (Å²) in [6.45, 7) is -1.14. The van der Waals surface area contributed by atoms with Crippen molar-refractivity contribution in [3.05, 3.63) is 33.4 Å². The molecule has 0 radical (unpaired) electrons.